The molecule has 0 radical (unpaired) electrons. The van der Waals surface area contributed by atoms with Crippen molar-refractivity contribution in [3.8, 4) is 0 Å². The van der Waals surface area contributed by atoms with E-state index in [9.17, 15) is 9.59 Å². The highest BCUT2D eigenvalue weighted by Gasteiger charge is 2.51. The van der Waals surface area contributed by atoms with Crippen molar-refractivity contribution < 1.29 is 9.59 Å². The van der Waals surface area contributed by atoms with Gasteiger partial charge in [-0.3, -0.25) is 9.69 Å². The van der Waals surface area contributed by atoms with Crippen LogP contribution in [0.4, 0.5) is 4.79 Å². The van der Waals surface area contributed by atoms with Crippen LogP contribution in [0.25, 0.3) is 0 Å². The third-order valence-electron chi connectivity index (χ3n) is 4.84. The smallest absolute Gasteiger partial charge is 0.323 e. The number of hydrogen-bond donors (Lipinski definition) is 2. The van der Waals surface area contributed by atoms with Crippen LogP contribution >= 0.6 is 12.6 Å². The van der Waals surface area contributed by atoms with Crippen LogP contribution in [0.2, 0.25) is 0 Å². The molecule has 1 heterocycles. The summed E-state index contributed by atoms with van der Waals surface area (Å²) in [6.45, 7) is 4.90. The molecule has 20 heavy (non-hydrogen) atoms. The van der Waals surface area contributed by atoms with Crippen LogP contribution in [0.1, 0.15) is 52.4 Å². The van der Waals surface area contributed by atoms with E-state index < -0.39 is 5.54 Å². The molecule has 1 aliphatic heterocycles. The van der Waals surface area contributed by atoms with Gasteiger partial charge in [0.2, 0.25) is 0 Å². The molecule has 1 saturated heterocycles. The molecule has 0 aromatic heterocycles. The summed E-state index contributed by atoms with van der Waals surface area (Å²) >= 11 is 4.22. The Morgan fingerprint density at radius 3 is 2.60 bits per heavy atom. The fourth-order valence-electron chi connectivity index (χ4n) is 3.19. The maximum atomic E-state index is 12.6. The van der Waals surface area contributed by atoms with Gasteiger partial charge in [-0.1, -0.05) is 13.8 Å². The molecule has 1 N–H and O–H groups in total. The number of carbonyl (C=O) groups excluding carboxylic acids is 2. The standard InChI is InChI=1S/C15H26N2O2S/c1-11-3-7-15(8-4-11)13(18)17(14(19)16-15)9-5-12(2)6-10-20/h11-12,20H,3-10H2,1-2H3,(H,16,19). The first-order valence-electron chi connectivity index (χ1n) is 7.73. The molecule has 114 valence electrons. The van der Waals surface area contributed by atoms with Crippen molar-refractivity contribution in [2.45, 2.75) is 57.9 Å². The van der Waals surface area contributed by atoms with Gasteiger partial charge in [0, 0.05) is 6.54 Å². The number of rotatable bonds is 5. The molecular weight excluding hydrogens is 272 g/mol. The van der Waals surface area contributed by atoms with Crippen molar-refractivity contribution in [2.75, 3.05) is 12.3 Å². The van der Waals surface area contributed by atoms with E-state index >= 15 is 0 Å². The number of hydrogen-bond acceptors (Lipinski definition) is 3. The predicted molar refractivity (Wildman–Crippen MR) is 82.9 cm³/mol. The Kier molecular flexibility index (Phi) is 4.99. The lowest BCUT2D eigenvalue weighted by atomic mass is 9.77. The lowest BCUT2D eigenvalue weighted by Crippen LogP contribution is -2.49. The van der Waals surface area contributed by atoms with Gasteiger partial charge in [0.05, 0.1) is 0 Å². The van der Waals surface area contributed by atoms with E-state index in [2.05, 4.69) is 31.8 Å². The average Bonchev–Trinajstić information content (AvgIpc) is 2.63. The minimum atomic E-state index is -0.587. The lowest BCUT2D eigenvalue weighted by molar-refractivity contribution is -0.132. The van der Waals surface area contributed by atoms with Crippen LogP contribution in [-0.2, 0) is 4.79 Å². The first kappa shape index (κ1) is 15.7. The van der Waals surface area contributed by atoms with Crippen molar-refractivity contribution in [1.29, 1.82) is 0 Å². The molecule has 0 aromatic carbocycles. The Hall–Kier alpha value is -0.710. The monoisotopic (exact) mass is 298 g/mol. The normalized spacial score (nSPS) is 31.8. The summed E-state index contributed by atoms with van der Waals surface area (Å²) in [5, 5.41) is 2.97. The van der Waals surface area contributed by atoms with Crippen LogP contribution in [0.15, 0.2) is 0 Å². The summed E-state index contributed by atoms with van der Waals surface area (Å²) in [4.78, 5) is 26.1. The van der Waals surface area contributed by atoms with Crippen LogP contribution in [0.3, 0.4) is 0 Å². The Morgan fingerprint density at radius 2 is 2.00 bits per heavy atom. The van der Waals surface area contributed by atoms with Gasteiger partial charge < -0.3 is 5.32 Å². The topological polar surface area (TPSA) is 49.4 Å². The third-order valence-corrected chi connectivity index (χ3v) is 5.10. The van der Waals surface area contributed by atoms with Gasteiger partial charge in [0.25, 0.3) is 5.91 Å². The zero-order valence-electron chi connectivity index (χ0n) is 12.5. The van der Waals surface area contributed by atoms with Crippen LogP contribution in [-0.4, -0.2) is 34.7 Å². The van der Waals surface area contributed by atoms with Gasteiger partial charge in [-0.15, -0.1) is 0 Å². The zero-order chi connectivity index (χ0) is 14.8. The van der Waals surface area contributed by atoms with Gasteiger partial charge in [-0.05, 0) is 56.1 Å². The number of nitrogens with one attached hydrogen (secondary N) is 1. The molecule has 3 amide bonds. The van der Waals surface area contributed by atoms with Gasteiger partial charge >= 0.3 is 6.03 Å². The number of imide groups is 1. The van der Waals surface area contributed by atoms with Gasteiger partial charge in [0.1, 0.15) is 5.54 Å². The fourth-order valence-corrected chi connectivity index (χ4v) is 3.63. The summed E-state index contributed by atoms with van der Waals surface area (Å²) in [5.74, 6) is 2.02. The summed E-state index contributed by atoms with van der Waals surface area (Å²) in [5.41, 5.74) is -0.587. The number of urea groups is 1. The Bertz CT molecular complexity index is 378. The third kappa shape index (κ3) is 3.13. The number of nitrogens with zero attached hydrogens (tertiary/aromatic N) is 1. The summed E-state index contributed by atoms with van der Waals surface area (Å²) in [7, 11) is 0. The van der Waals surface area contributed by atoms with E-state index in [-0.39, 0.29) is 11.9 Å². The highest BCUT2D eigenvalue weighted by atomic mass is 32.1. The second-order valence-corrected chi connectivity index (χ2v) is 7.00. The SMILES string of the molecule is CC(CCS)CCN1C(=O)NC2(CCC(C)CC2)C1=O. The number of amides is 3. The van der Waals surface area contributed by atoms with Crippen molar-refractivity contribution in [1.82, 2.24) is 10.2 Å². The van der Waals surface area contributed by atoms with Gasteiger partial charge in [0.15, 0.2) is 0 Å². The van der Waals surface area contributed by atoms with Crippen molar-refractivity contribution in [3.05, 3.63) is 0 Å². The largest absolute Gasteiger partial charge is 0.325 e. The lowest BCUT2D eigenvalue weighted by Gasteiger charge is -2.33. The minimum absolute atomic E-state index is 0.00692. The molecule has 1 atom stereocenters. The second kappa shape index (κ2) is 6.37. The molecule has 2 fully saturated rings. The molecule has 5 heteroatoms. The molecule has 0 bridgehead atoms. The van der Waals surface area contributed by atoms with Crippen LogP contribution in [0.5, 0.6) is 0 Å². The molecule has 1 spiro atoms. The quantitative estimate of drug-likeness (QED) is 0.606. The van der Waals surface area contributed by atoms with Gasteiger partial charge in [-0.25, -0.2) is 4.79 Å². The van der Waals surface area contributed by atoms with Crippen molar-refractivity contribution >= 4 is 24.6 Å². The summed E-state index contributed by atoms with van der Waals surface area (Å²) in [6, 6.07) is -0.192. The van der Waals surface area contributed by atoms with Crippen molar-refractivity contribution in [3.63, 3.8) is 0 Å². The maximum Gasteiger partial charge on any atom is 0.325 e. The second-order valence-electron chi connectivity index (χ2n) is 6.56. The Balaban J connectivity index is 1.95. The van der Waals surface area contributed by atoms with E-state index in [1.54, 1.807) is 0 Å². The van der Waals surface area contributed by atoms with E-state index in [0.29, 0.717) is 18.4 Å². The first-order chi connectivity index (χ1) is 9.48. The van der Waals surface area contributed by atoms with E-state index in [1.165, 1.54) is 4.90 Å². The highest BCUT2D eigenvalue weighted by Crippen LogP contribution is 2.36. The van der Waals surface area contributed by atoms with E-state index in [0.717, 1.165) is 44.3 Å². The first-order valence-corrected chi connectivity index (χ1v) is 8.37. The minimum Gasteiger partial charge on any atom is -0.323 e. The number of carbonyl (C=O) groups is 2. The van der Waals surface area contributed by atoms with Crippen molar-refractivity contribution in [2.24, 2.45) is 11.8 Å². The summed E-state index contributed by atoms with van der Waals surface area (Å²) < 4.78 is 0. The highest BCUT2D eigenvalue weighted by molar-refractivity contribution is 7.80. The van der Waals surface area contributed by atoms with Crippen LogP contribution in [0, 0.1) is 11.8 Å². The predicted octanol–water partition coefficient (Wildman–Crippen LogP) is 2.83. The molecule has 1 aliphatic carbocycles. The zero-order valence-corrected chi connectivity index (χ0v) is 13.4. The number of thiol groups is 1. The summed E-state index contributed by atoms with van der Waals surface area (Å²) in [6.07, 6.45) is 5.52. The average molecular weight is 298 g/mol. The molecular formula is C15H26N2O2S. The van der Waals surface area contributed by atoms with Crippen LogP contribution < -0.4 is 5.32 Å². The Morgan fingerprint density at radius 1 is 1.35 bits per heavy atom. The fraction of sp³-hybridized carbons (Fsp3) is 0.867. The molecule has 1 unspecified atom stereocenters. The molecule has 2 aliphatic rings. The van der Waals surface area contributed by atoms with E-state index in [1.807, 2.05) is 0 Å². The molecule has 1 saturated carbocycles. The molecule has 0 aromatic rings. The van der Waals surface area contributed by atoms with Gasteiger partial charge in [-0.2, -0.15) is 12.6 Å². The maximum absolute atomic E-state index is 12.6. The molecule has 4 nitrogen and oxygen atoms in total. The van der Waals surface area contributed by atoms with E-state index in [4.69, 9.17) is 0 Å². The Labute approximate surface area is 127 Å². The molecule has 2 rings (SSSR count).